The van der Waals surface area contributed by atoms with Crippen molar-refractivity contribution < 1.29 is 19.1 Å². The Morgan fingerprint density at radius 2 is 2.04 bits per heavy atom. The number of nitrogens with zero attached hydrogens (tertiary/aromatic N) is 1. The summed E-state index contributed by atoms with van der Waals surface area (Å²) in [6.45, 7) is 3.57. The van der Waals surface area contributed by atoms with Crippen molar-refractivity contribution in [3.63, 3.8) is 0 Å². The van der Waals surface area contributed by atoms with Crippen molar-refractivity contribution >= 4 is 11.8 Å². The molecule has 27 heavy (non-hydrogen) atoms. The van der Waals surface area contributed by atoms with E-state index in [1.807, 2.05) is 6.07 Å². The lowest BCUT2D eigenvalue weighted by molar-refractivity contribution is -0.139. The molecule has 0 bridgehead atoms. The van der Waals surface area contributed by atoms with E-state index in [0.29, 0.717) is 52.3 Å². The molecule has 148 valence electrons. The summed E-state index contributed by atoms with van der Waals surface area (Å²) in [5.74, 6) is 0.0141. The van der Waals surface area contributed by atoms with Gasteiger partial charge in [0.2, 0.25) is 11.8 Å². The van der Waals surface area contributed by atoms with Crippen molar-refractivity contribution in [2.75, 3.05) is 46.6 Å². The number of hydrogen-bond donors (Lipinski definition) is 1. The quantitative estimate of drug-likeness (QED) is 0.789. The van der Waals surface area contributed by atoms with Gasteiger partial charge in [0.15, 0.2) is 0 Å². The van der Waals surface area contributed by atoms with Crippen molar-refractivity contribution in [3.8, 4) is 0 Å². The Bertz CT molecular complexity index is 628. The summed E-state index contributed by atoms with van der Waals surface area (Å²) in [7, 11) is 1.62. The summed E-state index contributed by atoms with van der Waals surface area (Å²) in [6.07, 6.45) is 2.86. The molecule has 1 unspecified atom stereocenters. The fourth-order valence-electron chi connectivity index (χ4n) is 4.07. The molecule has 2 amide bonds. The van der Waals surface area contributed by atoms with E-state index in [-0.39, 0.29) is 23.1 Å². The highest BCUT2D eigenvalue weighted by molar-refractivity contribution is 5.83. The number of amides is 2. The Morgan fingerprint density at radius 1 is 1.30 bits per heavy atom. The molecule has 1 aromatic carbocycles. The number of likely N-dealkylation sites (tertiary alicyclic amines) is 1. The van der Waals surface area contributed by atoms with Gasteiger partial charge in [0, 0.05) is 51.8 Å². The van der Waals surface area contributed by atoms with Crippen LogP contribution in [0.15, 0.2) is 30.3 Å². The van der Waals surface area contributed by atoms with E-state index >= 15 is 0 Å². The predicted octanol–water partition coefficient (Wildman–Crippen LogP) is 1.74. The van der Waals surface area contributed by atoms with Crippen molar-refractivity contribution in [2.24, 2.45) is 5.92 Å². The smallest absolute Gasteiger partial charge is 0.224 e. The first kappa shape index (κ1) is 19.8. The second-order valence-corrected chi connectivity index (χ2v) is 7.54. The minimum atomic E-state index is -0.146. The van der Waals surface area contributed by atoms with Gasteiger partial charge in [-0.1, -0.05) is 30.3 Å². The van der Waals surface area contributed by atoms with Crippen molar-refractivity contribution in [3.05, 3.63) is 35.9 Å². The molecule has 2 fully saturated rings. The molecule has 0 radical (unpaired) electrons. The monoisotopic (exact) mass is 374 g/mol. The summed E-state index contributed by atoms with van der Waals surface area (Å²) in [4.78, 5) is 26.6. The van der Waals surface area contributed by atoms with Crippen LogP contribution >= 0.6 is 0 Å². The van der Waals surface area contributed by atoms with E-state index in [4.69, 9.17) is 9.47 Å². The molecule has 0 spiro atoms. The largest absolute Gasteiger partial charge is 0.383 e. The van der Waals surface area contributed by atoms with Gasteiger partial charge in [-0.15, -0.1) is 0 Å². The molecule has 2 heterocycles. The number of ether oxygens (including phenoxy) is 2. The first-order chi connectivity index (χ1) is 13.1. The SMILES string of the molecule is COCCN1CC(C(=O)NCC2(c3ccccc3)CCOCC2)CCC1=O. The molecule has 0 aromatic heterocycles. The van der Waals surface area contributed by atoms with Crippen molar-refractivity contribution in [1.29, 1.82) is 0 Å². The number of nitrogens with one attached hydrogen (secondary N) is 1. The van der Waals surface area contributed by atoms with Crippen LogP contribution in [0.25, 0.3) is 0 Å². The summed E-state index contributed by atoms with van der Waals surface area (Å²) in [6, 6.07) is 10.4. The first-order valence-corrected chi connectivity index (χ1v) is 9.82. The highest BCUT2D eigenvalue weighted by Gasteiger charge is 2.36. The fourth-order valence-corrected chi connectivity index (χ4v) is 4.07. The Morgan fingerprint density at radius 3 is 2.74 bits per heavy atom. The maximum absolute atomic E-state index is 12.8. The minimum Gasteiger partial charge on any atom is -0.383 e. The number of carbonyl (C=O) groups is 2. The summed E-state index contributed by atoms with van der Waals surface area (Å²) in [5.41, 5.74) is 1.18. The number of benzene rings is 1. The minimum absolute atomic E-state index is 0.0479. The van der Waals surface area contributed by atoms with Crippen LogP contribution < -0.4 is 5.32 Å². The zero-order chi connectivity index (χ0) is 19.1. The zero-order valence-corrected chi connectivity index (χ0v) is 16.1. The molecule has 2 aliphatic rings. The second-order valence-electron chi connectivity index (χ2n) is 7.54. The number of hydrogen-bond acceptors (Lipinski definition) is 4. The summed E-state index contributed by atoms with van der Waals surface area (Å²) < 4.78 is 10.6. The maximum Gasteiger partial charge on any atom is 0.224 e. The third kappa shape index (κ3) is 4.87. The predicted molar refractivity (Wildman–Crippen MR) is 102 cm³/mol. The third-order valence-corrected chi connectivity index (χ3v) is 5.87. The zero-order valence-electron chi connectivity index (χ0n) is 16.1. The lowest BCUT2D eigenvalue weighted by Crippen LogP contribution is -2.50. The Kier molecular flexibility index (Phi) is 6.85. The van der Waals surface area contributed by atoms with Crippen LogP contribution in [0.4, 0.5) is 0 Å². The Balaban J connectivity index is 1.62. The molecule has 1 aromatic rings. The van der Waals surface area contributed by atoms with E-state index < -0.39 is 0 Å². The molecule has 1 N–H and O–H groups in total. The van der Waals surface area contributed by atoms with Crippen LogP contribution in [0, 0.1) is 5.92 Å². The molecular weight excluding hydrogens is 344 g/mol. The van der Waals surface area contributed by atoms with Crippen LogP contribution in [-0.4, -0.2) is 63.3 Å². The van der Waals surface area contributed by atoms with Gasteiger partial charge < -0.3 is 19.7 Å². The number of rotatable bonds is 7. The summed E-state index contributed by atoms with van der Waals surface area (Å²) >= 11 is 0. The van der Waals surface area contributed by atoms with Gasteiger partial charge in [0.25, 0.3) is 0 Å². The van der Waals surface area contributed by atoms with Crippen LogP contribution in [-0.2, 0) is 24.5 Å². The highest BCUT2D eigenvalue weighted by atomic mass is 16.5. The van der Waals surface area contributed by atoms with Gasteiger partial charge in [-0.25, -0.2) is 0 Å². The topological polar surface area (TPSA) is 67.9 Å². The number of piperidine rings is 1. The third-order valence-electron chi connectivity index (χ3n) is 5.87. The molecule has 2 saturated heterocycles. The Labute approximate surface area is 161 Å². The molecular formula is C21H30N2O4. The molecule has 6 heteroatoms. The lowest BCUT2D eigenvalue weighted by Gasteiger charge is -2.39. The maximum atomic E-state index is 12.8. The normalized spacial score (nSPS) is 22.5. The van der Waals surface area contributed by atoms with Gasteiger partial charge in [-0.2, -0.15) is 0 Å². The van der Waals surface area contributed by atoms with Gasteiger partial charge in [0.05, 0.1) is 12.5 Å². The molecule has 2 aliphatic heterocycles. The molecule has 3 rings (SSSR count). The molecule has 0 saturated carbocycles. The van der Waals surface area contributed by atoms with Gasteiger partial charge in [-0.3, -0.25) is 9.59 Å². The summed E-state index contributed by atoms with van der Waals surface area (Å²) in [5, 5.41) is 3.19. The molecule has 6 nitrogen and oxygen atoms in total. The fraction of sp³-hybridized carbons (Fsp3) is 0.619. The van der Waals surface area contributed by atoms with E-state index in [1.54, 1.807) is 12.0 Å². The van der Waals surface area contributed by atoms with E-state index in [1.165, 1.54) is 5.56 Å². The molecule has 0 aliphatic carbocycles. The van der Waals surface area contributed by atoms with Crippen molar-refractivity contribution in [2.45, 2.75) is 31.1 Å². The number of carbonyl (C=O) groups excluding carboxylic acids is 2. The van der Waals surface area contributed by atoms with Crippen LogP contribution in [0.5, 0.6) is 0 Å². The standard InChI is InChI=1S/C21H30N2O4/c1-26-14-11-23-15-17(7-8-19(23)24)20(25)22-16-21(9-12-27-13-10-21)18-5-3-2-4-6-18/h2-6,17H,7-16H2,1H3,(H,22,25). The first-order valence-electron chi connectivity index (χ1n) is 9.82. The van der Waals surface area contributed by atoms with Crippen molar-refractivity contribution in [1.82, 2.24) is 10.2 Å². The van der Waals surface area contributed by atoms with Crippen LogP contribution in [0.2, 0.25) is 0 Å². The average molecular weight is 374 g/mol. The average Bonchev–Trinajstić information content (AvgIpc) is 2.73. The van der Waals surface area contributed by atoms with E-state index in [9.17, 15) is 9.59 Å². The lowest BCUT2D eigenvalue weighted by atomic mass is 9.74. The second kappa shape index (κ2) is 9.33. The van der Waals surface area contributed by atoms with E-state index in [0.717, 1.165) is 12.8 Å². The van der Waals surface area contributed by atoms with E-state index in [2.05, 4.69) is 29.6 Å². The van der Waals surface area contributed by atoms with Crippen LogP contribution in [0.1, 0.15) is 31.2 Å². The molecule has 1 atom stereocenters. The van der Waals surface area contributed by atoms with Gasteiger partial charge in [-0.05, 0) is 24.8 Å². The van der Waals surface area contributed by atoms with Gasteiger partial charge in [0.1, 0.15) is 0 Å². The Hall–Kier alpha value is -1.92. The highest BCUT2D eigenvalue weighted by Crippen LogP contribution is 2.34. The van der Waals surface area contributed by atoms with Crippen LogP contribution in [0.3, 0.4) is 0 Å². The van der Waals surface area contributed by atoms with Gasteiger partial charge >= 0.3 is 0 Å². The number of methoxy groups -OCH3 is 1.